The number of thiophene rings is 1. The van der Waals surface area contributed by atoms with E-state index in [1.165, 1.54) is 11.3 Å². The van der Waals surface area contributed by atoms with Crippen LogP contribution in [0.4, 0.5) is 11.4 Å². The summed E-state index contributed by atoms with van der Waals surface area (Å²) in [6.45, 7) is 0. The van der Waals surface area contributed by atoms with Crippen molar-refractivity contribution < 1.29 is 19.1 Å². The van der Waals surface area contributed by atoms with Crippen LogP contribution in [0.5, 0.6) is 11.5 Å². The number of nitrogens with one attached hydrogen (secondary N) is 1. The van der Waals surface area contributed by atoms with Crippen LogP contribution < -0.4 is 15.0 Å². The Kier molecular flexibility index (Phi) is 5.46. The third-order valence-electron chi connectivity index (χ3n) is 5.14. The molecule has 0 saturated carbocycles. The van der Waals surface area contributed by atoms with E-state index in [4.69, 9.17) is 4.74 Å². The van der Waals surface area contributed by atoms with Crippen molar-refractivity contribution in [2.45, 2.75) is 6.42 Å². The highest BCUT2D eigenvalue weighted by molar-refractivity contribution is 7.10. The maximum atomic E-state index is 12.9. The number of anilines is 2. The van der Waals surface area contributed by atoms with Crippen LogP contribution in [0.2, 0.25) is 0 Å². The molecule has 0 bridgehead atoms. The topological polar surface area (TPSA) is 75.7 Å². The molecule has 0 saturated heterocycles. The SMILES string of the molecule is O=C(Cc1cccs1)Nc1cccc(Oc2ccc3c(c2)C(=O)N(c2ccccc2)C3=O)c1. The quantitative estimate of drug-likeness (QED) is 0.389. The Morgan fingerprint density at radius 2 is 1.61 bits per heavy atom. The van der Waals surface area contributed by atoms with Crippen LogP contribution in [-0.4, -0.2) is 17.7 Å². The fraction of sp³-hybridized carbons (Fsp3) is 0.0385. The molecular weight excluding hydrogens is 436 g/mol. The van der Waals surface area contributed by atoms with E-state index in [1.54, 1.807) is 66.7 Å². The molecule has 1 aliphatic heterocycles. The first-order valence-corrected chi connectivity index (χ1v) is 11.1. The van der Waals surface area contributed by atoms with Gasteiger partial charge < -0.3 is 10.1 Å². The second kappa shape index (κ2) is 8.72. The summed E-state index contributed by atoms with van der Waals surface area (Å²) in [5, 5.41) is 4.80. The average Bonchev–Trinajstić information content (AvgIpc) is 3.41. The lowest BCUT2D eigenvalue weighted by molar-refractivity contribution is -0.115. The molecule has 1 N–H and O–H groups in total. The Morgan fingerprint density at radius 3 is 2.39 bits per heavy atom. The number of carbonyl (C=O) groups is 3. The number of ether oxygens (including phenoxy) is 1. The Hall–Kier alpha value is -4.23. The van der Waals surface area contributed by atoms with Crippen LogP contribution in [0.1, 0.15) is 25.6 Å². The van der Waals surface area contributed by atoms with Crippen LogP contribution >= 0.6 is 11.3 Å². The van der Waals surface area contributed by atoms with Gasteiger partial charge in [-0.1, -0.05) is 30.3 Å². The minimum atomic E-state index is -0.388. The molecule has 2 heterocycles. The average molecular weight is 455 g/mol. The first kappa shape index (κ1) is 20.7. The zero-order valence-electron chi connectivity index (χ0n) is 17.4. The highest BCUT2D eigenvalue weighted by Gasteiger charge is 2.36. The van der Waals surface area contributed by atoms with E-state index in [0.717, 1.165) is 9.78 Å². The van der Waals surface area contributed by atoms with Crippen LogP contribution in [-0.2, 0) is 11.2 Å². The molecule has 4 aromatic rings. The second-order valence-corrected chi connectivity index (χ2v) is 8.46. The van der Waals surface area contributed by atoms with E-state index >= 15 is 0 Å². The van der Waals surface area contributed by atoms with Gasteiger partial charge in [0.1, 0.15) is 11.5 Å². The fourth-order valence-electron chi connectivity index (χ4n) is 3.65. The Labute approximate surface area is 194 Å². The zero-order chi connectivity index (χ0) is 22.8. The number of rotatable bonds is 6. The molecule has 0 unspecified atom stereocenters. The largest absolute Gasteiger partial charge is 0.457 e. The number of imide groups is 1. The molecule has 3 amide bonds. The van der Waals surface area contributed by atoms with Gasteiger partial charge in [-0.05, 0) is 53.9 Å². The van der Waals surface area contributed by atoms with Gasteiger partial charge in [-0.15, -0.1) is 11.3 Å². The minimum absolute atomic E-state index is 0.114. The number of fused-ring (bicyclic) bond motifs is 1. The van der Waals surface area contributed by atoms with Crippen molar-refractivity contribution in [2.75, 3.05) is 10.2 Å². The van der Waals surface area contributed by atoms with E-state index in [0.29, 0.717) is 40.4 Å². The molecule has 3 aromatic carbocycles. The van der Waals surface area contributed by atoms with Gasteiger partial charge in [-0.3, -0.25) is 14.4 Å². The fourth-order valence-corrected chi connectivity index (χ4v) is 4.35. The summed E-state index contributed by atoms with van der Waals surface area (Å²) in [6, 6.07) is 24.5. The lowest BCUT2D eigenvalue weighted by atomic mass is 10.1. The van der Waals surface area contributed by atoms with Crippen molar-refractivity contribution in [2.24, 2.45) is 0 Å². The lowest BCUT2D eigenvalue weighted by Crippen LogP contribution is -2.29. The molecule has 1 aromatic heterocycles. The van der Waals surface area contributed by atoms with Gasteiger partial charge in [0.15, 0.2) is 0 Å². The zero-order valence-corrected chi connectivity index (χ0v) is 18.2. The van der Waals surface area contributed by atoms with Crippen molar-refractivity contribution in [1.29, 1.82) is 0 Å². The van der Waals surface area contributed by atoms with Gasteiger partial charge >= 0.3 is 0 Å². The number of carbonyl (C=O) groups excluding carboxylic acids is 3. The van der Waals surface area contributed by atoms with E-state index in [9.17, 15) is 14.4 Å². The maximum absolute atomic E-state index is 12.9. The first-order chi connectivity index (χ1) is 16.1. The van der Waals surface area contributed by atoms with Gasteiger partial charge in [0.2, 0.25) is 5.91 Å². The molecule has 5 rings (SSSR count). The van der Waals surface area contributed by atoms with Gasteiger partial charge in [0, 0.05) is 16.6 Å². The predicted octanol–water partition coefficient (Wildman–Crippen LogP) is 5.52. The standard InChI is InChI=1S/C26H18N2O4S/c29-24(16-21-10-5-13-33-21)27-17-6-4-9-19(14-17)32-20-11-12-22-23(15-20)26(31)28(25(22)30)18-7-2-1-3-8-18/h1-15H,16H2,(H,27,29). The number of amides is 3. The number of nitrogens with zero attached hydrogens (tertiary/aromatic N) is 1. The molecule has 6 nitrogen and oxygen atoms in total. The lowest BCUT2D eigenvalue weighted by Gasteiger charge is -2.13. The molecule has 0 atom stereocenters. The van der Waals surface area contributed by atoms with Gasteiger partial charge in [0.25, 0.3) is 11.8 Å². The summed E-state index contributed by atoms with van der Waals surface area (Å²) in [5.41, 5.74) is 1.77. The van der Waals surface area contributed by atoms with Crippen molar-refractivity contribution in [1.82, 2.24) is 0 Å². The smallest absolute Gasteiger partial charge is 0.266 e. The van der Waals surface area contributed by atoms with Gasteiger partial charge in [-0.25, -0.2) is 4.90 Å². The highest BCUT2D eigenvalue weighted by Crippen LogP contribution is 2.32. The first-order valence-electron chi connectivity index (χ1n) is 10.3. The molecule has 0 spiro atoms. The molecule has 0 radical (unpaired) electrons. The van der Waals surface area contributed by atoms with Crippen molar-refractivity contribution in [3.8, 4) is 11.5 Å². The molecule has 162 valence electrons. The van der Waals surface area contributed by atoms with Crippen LogP contribution in [0.3, 0.4) is 0 Å². The summed E-state index contributed by atoms with van der Waals surface area (Å²) < 4.78 is 5.92. The number of hydrogen-bond acceptors (Lipinski definition) is 5. The van der Waals surface area contributed by atoms with E-state index in [1.807, 2.05) is 23.6 Å². The number of para-hydroxylation sites is 1. The summed E-state index contributed by atoms with van der Waals surface area (Å²) in [5.74, 6) is 0.0640. The summed E-state index contributed by atoms with van der Waals surface area (Å²) in [6.07, 6.45) is 0.307. The third kappa shape index (κ3) is 4.26. The molecular formula is C26H18N2O4S. The van der Waals surface area contributed by atoms with Crippen molar-refractivity contribution in [3.63, 3.8) is 0 Å². The van der Waals surface area contributed by atoms with Gasteiger partial charge in [0.05, 0.1) is 23.2 Å². The monoisotopic (exact) mass is 454 g/mol. The van der Waals surface area contributed by atoms with E-state index < -0.39 is 0 Å². The summed E-state index contributed by atoms with van der Waals surface area (Å²) in [4.78, 5) is 40.1. The summed E-state index contributed by atoms with van der Waals surface area (Å²) in [7, 11) is 0. The number of hydrogen-bond donors (Lipinski definition) is 1. The molecule has 0 fully saturated rings. The van der Waals surface area contributed by atoms with Crippen LogP contribution in [0.15, 0.2) is 90.3 Å². The Bertz CT molecular complexity index is 1350. The minimum Gasteiger partial charge on any atom is -0.457 e. The maximum Gasteiger partial charge on any atom is 0.266 e. The van der Waals surface area contributed by atoms with Crippen molar-refractivity contribution in [3.05, 3.63) is 106 Å². The Morgan fingerprint density at radius 1 is 0.818 bits per heavy atom. The summed E-state index contributed by atoms with van der Waals surface area (Å²) >= 11 is 1.53. The third-order valence-corrected chi connectivity index (χ3v) is 6.02. The number of benzene rings is 3. The van der Waals surface area contributed by atoms with Crippen molar-refractivity contribution >= 4 is 40.4 Å². The molecule has 33 heavy (non-hydrogen) atoms. The van der Waals surface area contributed by atoms with Crippen LogP contribution in [0.25, 0.3) is 0 Å². The van der Waals surface area contributed by atoms with E-state index in [2.05, 4.69) is 5.32 Å². The van der Waals surface area contributed by atoms with E-state index in [-0.39, 0.29) is 17.7 Å². The molecule has 7 heteroatoms. The Balaban J connectivity index is 1.32. The predicted molar refractivity (Wildman–Crippen MR) is 127 cm³/mol. The second-order valence-electron chi connectivity index (χ2n) is 7.42. The molecule has 1 aliphatic rings. The normalized spacial score (nSPS) is 12.5. The highest BCUT2D eigenvalue weighted by atomic mass is 32.1. The molecule has 0 aliphatic carbocycles. The van der Waals surface area contributed by atoms with Crippen LogP contribution in [0, 0.1) is 0 Å². The van der Waals surface area contributed by atoms with Gasteiger partial charge in [-0.2, -0.15) is 0 Å².